The topological polar surface area (TPSA) is 61.4 Å². The van der Waals surface area contributed by atoms with Crippen LogP contribution in [-0.2, 0) is 0 Å². The molecule has 1 atom stereocenters. The van der Waals surface area contributed by atoms with Gasteiger partial charge in [0.05, 0.1) is 6.10 Å². The summed E-state index contributed by atoms with van der Waals surface area (Å²) in [5.74, 6) is 0. The first kappa shape index (κ1) is 9.23. The van der Waals surface area contributed by atoms with Crippen LogP contribution < -0.4 is 10.6 Å². The van der Waals surface area contributed by atoms with Crippen LogP contribution in [-0.4, -0.2) is 30.3 Å². The molecule has 0 aromatic heterocycles. The van der Waals surface area contributed by atoms with Gasteiger partial charge in [-0.15, -0.1) is 0 Å². The van der Waals surface area contributed by atoms with Gasteiger partial charge in [0.1, 0.15) is 0 Å². The highest BCUT2D eigenvalue weighted by molar-refractivity contribution is 5.73. The molecule has 0 aliphatic heterocycles. The van der Waals surface area contributed by atoms with Crippen molar-refractivity contribution < 1.29 is 9.90 Å². The zero-order valence-corrected chi connectivity index (χ0v) is 6.35. The maximum Gasteiger partial charge on any atom is 0.314 e. The first-order valence-corrected chi connectivity index (χ1v) is 3.36. The highest BCUT2D eigenvalue weighted by atomic mass is 16.3. The Morgan fingerprint density at radius 3 is 2.60 bits per heavy atom. The molecule has 0 saturated heterocycles. The van der Waals surface area contributed by atoms with Crippen molar-refractivity contribution in [2.75, 3.05) is 13.1 Å². The monoisotopic (exact) mass is 146 g/mol. The van der Waals surface area contributed by atoms with Gasteiger partial charge in [-0.2, -0.15) is 0 Å². The van der Waals surface area contributed by atoms with Gasteiger partial charge in [0.25, 0.3) is 0 Å². The zero-order valence-electron chi connectivity index (χ0n) is 6.35. The lowest BCUT2D eigenvalue weighted by Gasteiger charge is -2.06. The average molecular weight is 146 g/mol. The van der Waals surface area contributed by atoms with Gasteiger partial charge in [-0.25, -0.2) is 4.79 Å². The number of urea groups is 1. The molecule has 4 nitrogen and oxygen atoms in total. The molecule has 10 heavy (non-hydrogen) atoms. The minimum atomic E-state index is -0.484. The Bertz CT molecular complexity index is 104. The van der Waals surface area contributed by atoms with Crippen LogP contribution in [0.3, 0.4) is 0 Å². The van der Waals surface area contributed by atoms with Gasteiger partial charge in [0, 0.05) is 13.1 Å². The van der Waals surface area contributed by atoms with Gasteiger partial charge in [0.2, 0.25) is 0 Å². The van der Waals surface area contributed by atoms with Crippen LogP contribution in [0.1, 0.15) is 13.8 Å². The first-order chi connectivity index (χ1) is 4.66. The van der Waals surface area contributed by atoms with E-state index in [9.17, 15) is 4.79 Å². The quantitative estimate of drug-likeness (QED) is 0.511. The van der Waals surface area contributed by atoms with Crippen molar-refractivity contribution in [3.63, 3.8) is 0 Å². The van der Waals surface area contributed by atoms with E-state index in [1.165, 1.54) is 0 Å². The molecule has 0 bridgehead atoms. The summed E-state index contributed by atoms with van der Waals surface area (Å²) in [5.41, 5.74) is 0. The molecule has 0 aromatic carbocycles. The van der Waals surface area contributed by atoms with Crippen molar-refractivity contribution in [1.82, 2.24) is 10.6 Å². The second-order valence-electron chi connectivity index (χ2n) is 2.09. The Hall–Kier alpha value is -0.770. The van der Waals surface area contributed by atoms with E-state index in [0.717, 1.165) is 0 Å². The third-order valence-electron chi connectivity index (χ3n) is 0.895. The van der Waals surface area contributed by atoms with Gasteiger partial charge in [-0.1, -0.05) is 0 Å². The van der Waals surface area contributed by atoms with E-state index >= 15 is 0 Å². The molecule has 0 rings (SSSR count). The summed E-state index contributed by atoms with van der Waals surface area (Å²) >= 11 is 0. The van der Waals surface area contributed by atoms with Crippen molar-refractivity contribution in [1.29, 1.82) is 0 Å². The van der Waals surface area contributed by atoms with Crippen LogP contribution in [0, 0.1) is 0 Å². The van der Waals surface area contributed by atoms with E-state index in [0.29, 0.717) is 13.1 Å². The fourth-order valence-electron chi connectivity index (χ4n) is 0.463. The SMILES string of the molecule is CCNC(=O)NC[C@@H](C)O. The Morgan fingerprint density at radius 2 is 2.20 bits per heavy atom. The molecule has 0 radical (unpaired) electrons. The number of hydrogen-bond acceptors (Lipinski definition) is 2. The summed E-state index contributed by atoms with van der Waals surface area (Å²) in [5, 5.41) is 13.7. The van der Waals surface area contributed by atoms with E-state index in [1.54, 1.807) is 6.92 Å². The molecule has 0 unspecified atom stereocenters. The third-order valence-corrected chi connectivity index (χ3v) is 0.895. The highest BCUT2D eigenvalue weighted by Gasteiger charge is 1.98. The van der Waals surface area contributed by atoms with Crippen molar-refractivity contribution in [2.24, 2.45) is 0 Å². The summed E-state index contributed by atoms with van der Waals surface area (Å²) in [6, 6.07) is -0.233. The fourth-order valence-corrected chi connectivity index (χ4v) is 0.463. The van der Waals surface area contributed by atoms with Gasteiger partial charge in [-0.3, -0.25) is 0 Å². The van der Waals surface area contributed by atoms with Gasteiger partial charge < -0.3 is 15.7 Å². The summed E-state index contributed by atoms with van der Waals surface area (Å²) in [6.07, 6.45) is -0.484. The second kappa shape index (κ2) is 5.05. The van der Waals surface area contributed by atoms with E-state index in [1.807, 2.05) is 6.92 Å². The van der Waals surface area contributed by atoms with Crippen LogP contribution in [0.25, 0.3) is 0 Å². The lowest BCUT2D eigenvalue weighted by molar-refractivity contribution is 0.187. The molecule has 0 spiro atoms. The second-order valence-corrected chi connectivity index (χ2v) is 2.09. The molecule has 2 amide bonds. The van der Waals surface area contributed by atoms with E-state index < -0.39 is 6.10 Å². The Morgan fingerprint density at radius 1 is 1.60 bits per heavy atom. The lowest BCUT2D eigenvalue weighted by atomic mass is 10.4. The molecule has 4 heteroatoms. The number of carbonyl (C=O) groups is 1. The zero-order chi connectivity index (χ0) is 7.98. The van der Waals surface area contributed by atoms with Gasteiger partial charge in [-0.05, 0) is 13.8 Å². The molecule has 0 aromatic rings. The van der Waals surface area contributed by atoms with Crippen LogP contribution in [0.5, 0.6) is 0 Å². The maximum absolute atomic E-state index is 10.6. The Balaban J connectivity index is 3.22. The fraction of sp³-hybridized carbons (Fsp3) is 0.833. The summed E-state index contributed by atoms with van der Waals surface area (Å²) < 4.78 is 0. The predicted octanol–water partition coefficient (Wildman–Crippen LogP) is -0.314. The maximum atomic E-state index is 10.6. The summed E-state index contributed by atoms with van der Waals surface area (Å²) in [6.45, 7) is 4.35. The number of amides is 2. The predicted molar refractivity (Wildman–Crippen MR) is 38.8 cm³/mol. The smallest absolute Gasteiger partial charge is 0.314 e. The number of aliphatic hydroxyl groups is 1. The van der Waals surface area contributed by atoms with E-state index in [-0.39, 0.29) is 6.03 Å². The lowest BCUT2D eigenvalue weighted by Crippen LogP contribution is -2.38. The molecule has 0 saturated carbocycles. The number of carbonyl (C=O) groups excluding carboxylic acids is 1. The van der Waals surface area contributed by atoms with Gasteiger partial charge >= 0.3 is 6.03 Å². The minimum Gasteiger partial charge on any atom is -0.392 e. The molecule has 3 N–H and O–H groups in total. The van der Waals surface area contributed by atoms with Crippen molar-refractivity contribution in [3.05, 3.63) is 0 Å². The largest absolute Gasteiger partial charge is 0.392 e. The first-order valence-electron chi connectivity index (χ1n) is 3.36. The van der Waals surface area contributed by atoms with Crippen LogP contribution in [0.2, 0.25) is 0 Å². The van der Waals surface area contributed by atoms with Crippen LogP contribution in [0.4, 0.5) is 4.79 Å². The Labute approximate surface area is 60.6 Å². The van der Waals surface area contributed by atoms with Gasteiger partial charge in [0.15, 0.2) is 0 Å². The molecule has 0 fully saturated rings. The molecule has 0 aliphatic carbocycles. The van der Waals surface area contributed by atoms with Crippen LogP contribution >= 0.6 is 0 Å². The molecule has 0 aliphatic rings. The van der Waals surface area contributed by atoms with Crippen LogP contribution in [0.15, 0.2) is 0 Å². The minimum absolute atomic E-state index is 0.233. The molecular weight excluding hydrogens is 132 g/mol. The summed E-state index contributed by atoms with van der Waals surface area (Å²) in [4.78, 5) is 10.6. The number of rotatable bonds is 3. The van der Waals surface area contributed by atoms with E-state index in [2.05, 4.69) is 10.6 Å². The van der Waals surface area contributed by atoms with Crippen molar-refractivity contribution in [2.45, 2.75) is 20.0 Å². The van der Waals surface area contributed by atoms with Crippen molar-refractivity contribution in [3.8, 4) is 0 Å². The van der Waals surface area contributed by atoms with Crippen molar-refractivity contribution >= 4 is 6.03 Å². The number of hydrogen-bond donors (Lipinski definition) is 3. The standard InChI is InChI=1S/C6H14N2O2/c1-3-7-6(10)8-4-5(2)9/h5,9H,3-4H2,1-2H3,(H2,7,8,10)/t5-/m1/s1. The highest BCUT2D eigenvalue weighted by Crippen LogP contribution is 1.73. The molecule has 60 valence electrons. The Kier molecular flexibility index (Phi) is 4.66. The number of nitrogens with one attached hydrogen (secondary N) is 2. The number of aliphatic hydroxyl groups excluding tert-OH is 1. The average Bonchev–Trinajstić information content (AvgIpc) is 1.85. The normalized spacial score (nSPS) is 12.3. The third kappa shape index (κ3) is 5.37. The van der Waals surface area contributed by atoms with E-state index in [4.69, 9.17) is 5.11 Å². The molecular formula is C6H14N2O2. The summed E-state index contributed by atoms with van der Waals surface area (Å²) in [7, 11) is 0. The molecule has 0 heterocycles.